The highest BCUT2D eigenvalue weighted by Crippen LogP contribution is 2.46. The summed E-state index contributed by atoms with van der Waals surface area (Å²) < 4.78 is 44.5. The van der Waals surface area contributed by atoms with Gasteiger partial charge in [0.1, 0.15) is 0 Å². The Balaban J connectivity index is 1.83. The minimum Gasteiger partial charge on any atom is -0.491 e. The van der Waals surface area contributed by atoms with E-state index in [0.29, 0.717) is 26.1 Å². The van der Waals surface area contributed by atoms with Crippen molar-refractivity contribution in [2.24, 2.45) is 0 Å². The Hall–Kier alpha value is -1.24. The van der Waals surface area contributed by atoms with E-state index in [4.69, 9.17) is 14.2 Å². The molecule has 0 bridgehead atoms. The van der Waals surface area contributed by atoms with Crippen LogP contribution in [0.25, 0.3) is 0 Å². The van der Waals surface area contributed by atoms with Crippen molar-refractivity contribution in [3.05, 3.63) is 29.3 Å². The molecule has 1 aliphatic heterocycles. The van der Waals surface area contributed by atoms with E-state index in [2.05, 4.69) is 0 Å². The van der Waals surface area contributed by atoms with Gasteiger partial charge in [0.2, 0.25) is 5.82 Å². The van der Waals surface area contributed by atoms with Crippen molar-refractivity contribution in [2.75, 3.05) is 19.8 Å². The molecule has 1 aliphatic carbocycles. The van der Waals surface area contributed by atoms with Crippen molar-refractivity contribution in [3.63, 3.8) is 0 Å². The highest BCUT2D eigenvalue weighted by molar-refractivity contribution is 5.34. The zero-order valence-electron chi connectivity index (χ0n) is 12.5. The summed E-state index contributed by atoms with van der Waals surface area (Å²) in [6, 6.07) is 2.76. The minimum absolute atomic E-state index is 0.0266. The molecule has 2 aliphatic rings. The highest BCUT2D eigenvalue weighted by atomic mass is 19.2. The standard InChI is InChI=1S/C16H20F2O4/c1-2-20-12-4-3-11(13(17)14(12)18)15(19)5-7-16(8-6-15)21-9-10-22-16/h3-4,19H,2,5-10H2,1H3. The van der Waals surface area contributed by atoms with Crippen LogP contribution in [0.15, 0.2) is 12.1 Å². The number of aliphatic hydroxyl groups is 1. The van der Waals surface area contributed by atoms with E-state index in [1.807, 2.05) is 0 Å². The van der Waals surface area contributed by atoms with Gasteiger partial charge in [-0.1, -0.05) is 0 Å². The Morgan fingerprint density at radius 1 is 1.09 bits per heavy atom. The number of benzene rings is 1. The molecule has 0 aromatic heterocycles. The van der Waals surface area contributed by atoms with Crippen molar-refractivity contribution in [1.82, 2.24) is 0 Å². The van der Waals surface area contributed by atoms with Crippen LogP contribution in [0.4, 0.5) is 8.78 Å². The fourth-order valence-electron chi connectivity index (χ4n) is 3.26. The molecule has 1 aromatic carbocycles. The first-order valence-corrected chi connectivity index (χ1v) is 7.61. The van der Waals surface area contributed by atoms with Crippen molar-refractivity contribution in [3.8, 4) is 5.75 Å². The van der Waals surface area contributed by atoms with Crippen molar-refractivity contribution < 1.29 is 28.1 Å². The Labute approximate surface area is 128 Å². The Bertz CT molecular complexity index is 545. The predicted octanol–water partition coefficient (Wildman–Crippen LogP) is 2.87. The third kappa shape index (κ3) is 2.59. The lowest BCUT2D eigenvalue weighted by atomic mass is 9.77. The lowest BCUT2D eigenvalue weighted by Crippen LogP contribution is -2.42. The van der Waals surface area contributed by atoms with Crippen molar-refractivity contribution >= 4 is 0 Å². The van der Waals surface area contributed by atoms with Gasteiger partial charge in [0.25, 0.3) is 0 Å². The van der Waals surface area contributed by atoms with Crippen LogP contribution in [0.2, 0.25) is 0 Å². The van der Waals surface area contributed by atoms with Crippen LogP contribution in [0, 0.1) is 11.6 Å². The van der Waals surface area contributed by atoms with Crippen LogP contribution in [0.5, 0.6) is 5.75 Å². The van der Waals surface area contributed by atoms with Gasteiger partial charge >= 0.3 is 0 Å². The summed E-state index contributed by atoms with van der Waals surface area (Å²) in [6.07, 6.45) is 1.43. The van der Waals surface area contributed by atoms with E-state index in [1.165, 1.54) is 12.1 Å². The summed E-state index contributed by atoms with van der Waals surface area (Å²) in [6.45, 7) is 3.01. The summed E-state index contributed by atoms with van der Waals surface area (Å²) in [4.78, 5) is 0. The average molecular weight is 314 g/mol. The zero-order valence-corrected chi connectivity index (χ0v) is 12.5. The number of rotatable bonds is 3. The molecule has 1 spiro atoms. The van der Waals surface area contributed by atoms with Gasteiger partial charge in [0.05, 0.1) is 25.4 Å². The first-order valence-electron chi connectivity index (χ1n) is 7.61. The molecule has 22 heavy (non-hydrogen) atoms. The lowest BCUT2D eigenvalue weighted by molar-refractivity contribution is -0.204. The van der Waals surface area contributed by atoms with Crippen LogP contribution < -0.4 is 4.74 Å². The van der Waals surface area contributed by atoms with Crippen molar-refractivity contribution in [1.29, 1.82) is 0 Å². The Morgan fingerprint density at radius 3 is 2.32 bits per heavy atom. The predicted molar refractivity (Wildman–Crippen MR) is 74.5 cm³/mol. The maximum Gasteiger partial charge on any atom is 0.200 e. The first-order chi connectivity index (χ1) is 10.5. The maximum absolute atomic E-state index is 14.3. The molecule has 1 saturated carbocycles. The molecule has 122 valence electrons. The number of hydrogen-bond acceptors (Lipinski definition) is 4. The molecule has 2 fully saturated rings. The summed E-state index contributed by atoms with van der Waals surface area (Å²) >= 11 is 0. The smallest absolute Gasteiger partial charge is 0.200 e. The van der Waals surface area contributed by atoms with E-state index >= 15 is 0 Å². The molecule has 4 nitrogen and oxygen atoms in total. The van der Waals surface area contributed by atoms with E-state index in [1.54, 1.807) is 6.92 Å². The molecule has 1 aromatic rings. The topological polar surface area (TPSA) is 47.9 Å². The van der Waals surface area contributed by atoms with Gasteiger partial charge < -0.3 is 19.3 Å². The molecule has 3 rings (SSSR count). The zero-order chi connectivity index (χ0) is 15.8. The van der Waals surface area contributed by atoms with Crippen LogP contribution in [0.3, 0.4) is 0 Å². The second-order valence-electron chi connectivity index (χ2n) is 5.81. The molecular formula is C16H20F2O4. The van der Waals surface area contributed by atoms with Crippen LogP contribution in [-0.4, -0.2) is 30.7 Å². The van der Waals surface area contributed by atoms with Crippen LogP contribution in [-0.2, 0) is 15.1 Å². The molecule has 0 amide bonds. The lowest BCUT2D eigenvalue weighted by Gasteiger charge is -2.40. The van der Waals surface area contributed by atoms with Gasteiger partial charge in [-0.3, -0.25) is 0 Å². The third-order valence-corrected chi connectivity index (χ3v) is 4.50. The molecule has 1 saturated heterocycles. The third-order valence-electron chi connectivity index (χ3n) is 4.50. The number of hydrogen-bond donors (Lipinski definition) is 1. The number of halogens is 2. The quantitative estimate of drug-likeness (QED) is 0.932. The molecular weight excluding hydrogens is 294 g/mol. The highest BCUT2D eigenvalue weighted by Gasteiger charge is 2.47. The van der Waals surface area contributed by atoms with E-state index < -0.39 is 23.0 Å². The maximum atomic E-state index is 14.3. The fraction of sp³-hybridized carbons (Fsp3) is 0.625. The Kier molecular flexibility index (Phi) is 4.09. The van der Waals surface area contributed by atoms with E-state index in [0.717, 1.165) is 0 Å². The van der Waals surface area contributed by atoms with Gasteiger partial charge in [0.15, 0.2) is 17.4 Å². The molecule has 6 heteroatoms. The largest absolute Gasteiger partial charge is 0.491 e. The molecule has 0 atom stereocenters. The van der Waals surface area contributed by atoms with Gasteiger partial charge in [-0.05, 0) is 31.9 Å². The second kappa shape index (κ2) is 5.76. The Morgan fingerprint density at radius 2 is 1.73 bits per heavy atom. The normalized spacial score (nSPS) is 22.9. The molecule has 0 unspecified atom stereocenters. The molecule has 0 radical (unpaired) electrons. The fourth-order valence-corrected chi connectivity index (χ4v) is 3.26. The molecule has 1 N–H and O–H groups in total. The first kappa shape index (κ1) is 15.6. The van der Waals surface area contributed by atoms with Gasteiger partial charge in [-0.2, -0.15) is 4.39 Å². The van der Waals surface area contributed by atoms with Crippen LogP contribution >= 0.6 is 0 Å². The van der Waals surface area contributed by atoms with Gasteiger partial charge in [-0.15, -0.1) is 0 Å². The minimum atomic E-state index is -1.41. The van der Waals surface area contributed by atoms with E-state index in [-0.39, 0.29) is 30.8 Å². The monoisotopic (exact) mass is 314 g/mol. The SMILES string of the molecule is CCOc1ccc(C2(O)CCC3(CC2)OCCO3)c(F)c1F. The summed E-state index contributed by atoms with van der Waals surface area (Å²) in [5.41, 5.74) is -1.43. The van der Waals surface area contributed by atoms with Crippen molar-refractivity contribution in [2.45, 2.75) is 44.0 Å². The summed E-state index contributed by atoms with van der Waals surface area (Å²) in [5, 5.41) is 10.8. The number of ether oxygens (including phenoxy) is 3. The second-order valence-corrected chi connectivity index (χ2v) is 5.81. The average Bonchev–Trinajstić information content (AvgIpc) is 2.97. The van der Waals surface area contributed by atoms with E-state index in [9.17, 15) is 13.9 Å². The van der Waals surface area contributed by atoms with Crippen LogP contribution in [0.1, 0.15) is 38.2 Å². The van der Waals surface area contributed by atoms with Gasteiger partial charge in [-0.25, -0.2) is 4.39 Å². The summed E-state index contributed by atoms with van der Waals surface area (Å²) in [7, 11) is 0. The summed E-state index contributed by atoms with van der Waals surface area (Å²) in [5.74, 6) is -2.90. The molecule has 1 heterocycles. The van der Waals surface area contributed by atoms with Gasteiger partial charge in [0, 0.05) is 18.4 Å².